The van der Waals surface area contributed by atoms with Gasteiger partial charge < -0.3 is 15.7 Å². The van der Waals surface area contributed by atoms with Gasteiger partial charge in [0.15, 0.2) is 0 Å². The van der Waals surface area contributed by atoms with E-state index in [1.54, 1.807) is 6.20 Å². The van der Waals surface area contributed by atoms with E-state index >= 15 is 0 Å². The van der Waals surface area contributed by atoms with Crippen molar-refractivity contribution in [3.05, 3.63) is 40.0 Å². The van der Waals surface area contributed by atoms with Gasteiger partial charge in [-0.2, -0.15) is 4.98 Å². The minimum Gasteiger partial charge on any atom is -0.394 e. The Morgan fingerprint density at radius 3 is 2.71 bits per heavy atom. The topological polar surface area (TPSA) is 70.1 Å². The summed E-state index contributed by atoms with van der Waals surface area (Å²) in [5.41, 5.74) is 3.40. The molecule has 1 aromatic carbocycles. The van der Waals surface area contributed by atoms with Crippen LogP contribution in [0, 0.1) is 13.8 Å². The van der Waals surface area contributed by atoms with Crippen LogP contribution in [0.5, 0.6) is 0 Å². The molecule has 0 saturated carbocycles. The zero-order valence-electron chi connectivity index (χ0n) is 12.3. The Kier molecular flexibility index (Phi) is 5.14. The lowest BCUT2D eigenvalue weighted by molar-refractivity contribution is 0.281. The minimum absolute atomic E-state index is 0.0381. The number of hydrogen-bond donors (Lipinski definition) is 3. The van der Waals surface area contributed by atoms with Crippen molar-refractivity contribution in [3.8, 4) is 0 Å². The maximum atomic E-state index is 9.11. The molecule has 0 aliphatic heterocycles. The first-order valence-corrected chi connectivity index (χ1v) is 7.53. The normalized spacial score (nSPS) is 12.0. The van der Waals surface area contributed by atoms with Gasteiger partial charge in [0.2, 0.25) is 5.95 Å². The summed E-state index contributed by atoms with van der Waals surface area (Å²) in [5, 5.41) is 15.4. The molecule has 3 N–H and O–H groups in total. The lowest BCUT2D eigenvalue weighted by Crippen LogP contribution is -2.20. The van der Waals surface area contributed by atoms with E-state index in [0.717, 1.165) is 10.2 Å². The lowest BCUT2D eigenvalue weighted by atomic mass is 10.1. The zero-order chi connectivity index (χ0) is 15.4. The number of aliphatic hydroxyl groups excluding tert-OH is 1. The van der Waals surface area contributed by atoms with E-state index in [9.17, 15) is 0 Å². The number of aryl methyl sites for hydroxylation is 2. The summed E-state index contributed by atoms with van der Waals surface area (Å²) in [4.78, 5) is 8.66. The van der Waals surface area contributed by atoms with Crippen molar-refractivity contribution in [3.63, 3.8) is 0 Å². The number of nitrogens with one attached hydrogen (secondary N) is 2. The summed E-state index contributed by atoms with van der Waals surface area (Å²) in [6, 6.07) is 6.04. The largest absolute Gasteiger partial charge is 0.394 e. The first-order chi connectivity index (χ1) is 9.99. The third-order valence-electron chi connectivity index (χ3n) is 3.16. The summed E-state index contributed by atoms with van der Waals surface area (Å²) in [7, 11) is 0. The summed E-state index contributed by atoms with van der Waals surface area (Å²) < 4.78 is 0.758. The van der Waals surface area contributed by atoms with Gasteiger partial charge in [-0.05, 0) is 60.0 Å². The highest BCUT2D eigenvalue weighted by Gasteiger charge is 2.08. The molecule has 2 rings (SSSR count). The quantitative estimate of drug-likeness (QED) is 0.770. The van der Waals surface area contributed by atoms with E-state index in [1.807, 2.05) is 13.0 Å². The molecule has 0 saturated heterocycles. The molecule has 1 unspecified atom stereocenters. The van der Waals surface area contributed by atoms with Crippen molar-refractivity contribution in [1.29, 1.82) is 0 Å². The predicted octanol–water partition coefficient (Wildman–Crippen LogP) is 3.39. The third kappa shape index (κ3) is 4.15. The second-order valence-electron chi connectivity index (χ2n) is 5.04. The monoisotopic (exact) mass is 350 g/mol. The van der Waals surface area contributed by atoms with Gasteiger partial charge in [-0.25, -0.2) is 4.98 Å². The number of benzene rings is 1. The number of hydrogen-bond acceptors (Lipinski definition) is 5. The minimum atomic E-state index is -0.0781. The van der Waals surface area contributed by atoms with Gasteiger partial charge in [0.1, 0.15) is 5.82 Å². The molecule has 21 heavy (non-hydrogen) atoms. The molecule has 0 aliphatic carbocycles. The van der Waals surface area contributed by atoms with Crippen molar-refractivity contribution in [1.82, 2.24) is 9.97 Å². The van der Waals surface area contributed by atoms with Crippen LogP contribution in [0.2, 0.25) is 0 Å². The first kappa shape index (κ1) is 15.7. The van der Waals surface area contributed by atoms with Crippen molar-refractivity contribution in [2.75, 3.05) is 17.2 Å². The molecule has 0 bridgehead atoms. The molecule has 0 radical (unpaired) electrons. The molecule has 1 heterocycles. The highest BCUT2D eigenvalue weighted by atomic mass is 79.9. The summed E-state index contributed by atoms with van der Waals surface area (Å²) >= 11 is 3.40. The molecule has 0 spiro atoms. The summed E-state index contributed by atoms with van der Waals surface area (Å²) in [6.07, 6.45) is 1.68. The molecular formula is C15H19BrN4O. The Bertz CT molecular complexity index is 633. The smallest absolute Gasteiger partial charge is 0.229 e. The van der Waals surface area contributed by atoms with Crippen LogP contribution in [0.1, 0.15) is 18.1 Å². The fourth-order valence-corrected chi connectivity index (χ4v) is 2.06. The van der Waals surface area contributed by atoms with Gasteiger partial charge in [-0.3, -0.25) is 0 Å². The molecule has 2 aromatic rings. The van der Waals surface area contributed by atoms with E-state index in [0.29, 0.717) is 11.8 Å². The average Bonchev–Trinajstić information content (AvgIpc) is 2.46. The SMILES string of the molecule is Cc1ccc(Nc2ncc(Br)c(NC(C)CO)n2)cc1C. The predicted molar refractivity (Wildman–Crippen MR) is 89.1 cm³/mol. The fraction of sp³-hybridized carbons (Fsp3) is 0.333. The number of rotatable bonds is 5. The fourth-order valence-electron chi connectivity index (χ4n) is 1.76. The van der Waals surface area contributed by atoms with Crippen LogP contribution < -0.4 is 10.6 Å². The van der Waals surface area contributed by atoms with Crippen LogP contribution >= 0.6 is 15.9 Å². The lowest BCUT2D eigenvalue weighted by Gasteiger charge is -2.14. The highest BCUT2D eigenvalue weighted by Crippen LogP contribution is 2.23. The van der Waals surface area contributed by atoms with Gasteiger partial charge in [0.05, 0.1) is 11.1 Å². The molecule has 112 valence electrons. The molecular weight excluding hydrogens is 332 g/mol. The second kappa shape index (κ2) is 6.87. The number of aliphatic hydroxyl groups is 1. The molecule has 5 nitrogen and oxygen atoms in total. The van der Waals surface area contributed by atoms with Gasteiger partial charge in [-0.15, -0.1) is 0 Å². The van der Waals surface area contributed by atoms with Crippen LogP contribution in [0.4, 0.5) is 17.5 Å². The van der Waals surface area contributed by atoms with Crippen LogP contribution in [-0.4, -0.2) is 27.7 Å². The van der Waals surface area contributed by atoms with E-state index in [2.05, 4.69) is 62.5 Å². The Morgan fingerprint density at radius 2 is 2.05 bits per heavy atom. The van der Waals surface area contributed by atoms with Crippen molar-refractivity contribution in [2.45, 2.75) is 26.8 Å². The van der Waals surface area contributed by atoms with Crippen LogP contribution in [0.3, 0.4) is 0 Å². The summed E-state index contributed by atoms with van der Waals surface area (Å²) in [5.74, 6) is 1.16. The molecule has 0 amide bonds. The van der Waals surface area contributed by atoms with E-state index in [1.165, 1.54) is 11.1 Å². The maximum Gasteiger partial charge on any atom is 0.229 e. The number of aromatic nitrogens is 2. The first-order valence-electron chi connectivity index (χ1n) is 6.74. The number of halogens is 1. The van der Waals surface area contributed by atoms with Crippen molar-refractivity contribution in [2.24, 2.45) is 0 Å². The molecule has 6 heteroatoms. The molecule has 1 aromatic heterocycles. The van der Waals surface area contributed by atoms with Gasteiger partial charge in [0, 0.05) is 17.9 Å². The highest BCUT2D eigenvalue weighted by molar-refractivity contribution is 9.10. The molecule has 0 fully saturated rings. The average molecular weight is 351 g/mol. The maximum absolute atomic E-state index is 9.11. The van der Waals surface area contributed by atoms with Gasteiger partial charge >= 0.3 is 0 Å². The zero-order valence-corrected chi connectivity index (χ0v) is 13.9. The van der Waals surface area contributed by atoms with E-state index < -0.39 is 0 Å². The van der Waals surface area contributed by atoms with Crippen molar-refractivity contribution >= 4 is 33.4 Å². The van der Waals surface area contributed by atoms with E-state index in [-0.39, 0.29) is 12.6 Å². The van der Waals surface area contributed by atoms with E-state index in [4.69, 9.17) is 5.11 Å². The van der Waals surface area contributed by atoms with Crippen LogP contribution in [0.15, 0.2) is 28.9 Å². The molecule has 1 atom stereocenters. The van der Waals surface area contributed by atoms with Gasteiger partial charge in [-0.1, -0.05) is 6.07 Å². The second-order valence-corrected chi connectivity index (χ2v) is 5.90. The molecule has 0 aliphatic rings. The van der Waals surface area contributed by atoms with Crippen LogP contribution in [0.25, 0.3) is 0 Å². The number of nitrogens with zero attached hydrogens (tertiary/aromatic N) is 2. The summed E-state index contributed by atoms with van der Waals surface area (Å²) in [6.45, 7) is 6.06. The van der Waals surface area contributed by atoms with Gasteiger partial charge in [0.25, 0.3) is 0 Å². The number of anilines is 3. The standard InChI is InChI=1S/C15H19BrN4O/c1-9-4-5-12(6-10(9)2)19-15-17-7-13(16)14(20-15)18-11(3)8-21/h4-7,11,21H,8H2,1-3H3,(H2,17,18,19,20). The van der Waals surface area contributed by atoms with Crippen molar-refractivity contribution < 1.29 is 5.11 Å². The Labute approximate surface area is 133 Å². The Hall–Kier alpha value is -1.66. The third-order valence-corrected chi connectivity index (χ3v) is 3.74. The Morgan fingerprint density at radius 1 is 1.29 bits per heavy atom. The van der Waals surface area contributed by atoms with Crippen LogP contribution in [-0.2, 0) is 0 Å². The Balaban J connectivity index is 2.20.